The molecule has 0 radical (unpaired) electrons. The van der Waals surface area contributed by atoms with Crippen molar-refractivity contribution < 1.29 is 24.2 Å². The summed E-state index contributed by atoms with van der Waals surface area (Å²) in [6, 6.07) is 0. The van der Waals surface area contributed by atoms with Crippen LogP contribution in [0.5, 0.6) is 0 Å². The number of carbonyl (C=O) groups excluding carboxylic acids is 1. The van der Waals surface area contributed by atoms with E-state index in [1.54, 1.807) is 27.9 Å². The third-order valence-corrected chi connectivity index (χ3v) is 2.83. The molecule has 0 aromatic carbocycles. The minimum absolute atomic E-state index is 0.000660. The average molecular weight is 259 g/mol. The predicted octanol–water partition coefficient (Wildman–Crippen LogP) is 1.53. The van der Waals surface area contributed by atoms with Gasteiger partial charge in [-0.15, -0.1) is 0 Å². The first kappa shape index (κ1) is 14.8. The Morgan fingerprint density at radius 2 is 1.94 bits per heavy atom. The third kappa shape index (κ3) is 4.18. The highest BCUT2D eigenvalue weighted by Gasteiger charge is 2.47. The van der Waals surface area contributed by atoms with Crippen molar-refractivity contribution in [2.24, 2.45) is 0 Å². The summed E-state index contributed by atoms with van der Waals surface area (Å²) >= 11 is 0. The quantitative estimate of drug-likeness (QED) is 0.799. The minimum atomic E-state index is -0.944. The zero-order valence-electron chi connectivity index (χ0n) is 11.3. The van der Waals surface area contributed by atoms with E-state index >= 15 is 0 Å². The van der Waals surface area contributed by atoms with Crippen molar-refractivity contribution in [2.75, 3.05) is 7.11 Å². The largest absolute Gasteiger partial charge is 0.481 e. The van der Waals surface area contributed by atoms with E-state index in [-0.39, 0.29) is 12.5 Å². The van der Waals surface area contributed by atoms with Crippen molar-refractivity contribution in [1.82, 2.24) is 5.32 Å². The van der Waals surface area contributed by atoms with Crippen LogP contribution in [0.2, 0.25) is 0 Å². The lowest BCUT2D eigenvalue weighted by atomic mass is 9.72. The van der Waals surface area contributed by atoms with Crippen LogP contribution in [0, 0.1) is 0 Å². The number of hydrogen-bond acceptors (Lipinski definition) is 4. The van der Waals surface area contributed by atoms with Gasteiger partial charge in [0.25, 0.3) is 0 Å². The molecule has 1 rings (SSSR count). The second-order valence-corrected chi connectivity index (χ2v) is 5.74. The first-order chi connectivity index (χ1) is 8.16. The van der Waals surface area contributed by atoms with Gasteiger partial charge in [-0.05, 0) is 33.6 Å². The molecule has 0 bridgehead atoms. The van der Waals surface area contributed by atoms with Gasteiger partial charge in [0.1, 0.15) is 5.60 Å². The Hall–Kier alpha value is -1.30. The lowest BCUT2D eigenvalue weighted by Gasteiger charge is -2.46. The maximum atomic E-state index is 11.7. The van der Waals surface area contributed by atoms with Crippen LogP contribution < -0.4 is 5.32 Å². The van der Waals surface area contributed by atoms with Crippen molar-refractivity contribution in [2.45, 2.75) is 57.3 Å². The van der Waals surface area contributed by atoms with Gasteiger partial charge in [0.15, 0.2) is 0 Å². The van der Waals surface area contributed by atoms with Gasteiger partial charge in [0.05, 0.1) is 18.1 Å². The second-order valence-electron chi connectivity index (χ2n) is 5.74. The molecule has 18 heavy (non-hydrogen) atoms. The number of hydrogen-bond donors (Lipinski definition) is 2. The fraction of sp³-hybridized carbons (Fsp3) is 0.833. The number of carboxylic acids is 1. The molecule has 6 nitrogen and oxygen atoms in total. The van der Waals surface area contributed by atoms with E-state index in [0.717, 1.165) is 0 Å². The summed E-state index contributed by atoms with van der Waals surface area (Å²) in [4.78, 5) is 22.5. The molecule has 0 unspecified atom stereocenters. The van der Waals surface area contributed by atoms with E-state index in [0.29, 0.717) is 12.8 Å². The molecule has 0 aliphatic heterocycles. The van der Waals surface area contributed by atoms with Crippen molar-refractivity contribution in [3.05, 3.63) is 0 Å². The Balaban J connectivity index is 2.58. The third-order valence-electron chi connectivity index (χ3n) is 2.83. The molecular formula is C12H21NO5. The van der Waals surface area contributed by atoms with Crippen LogP contribution in [0.1, 0.15) is 40.0 Å². The van der Waals surface area contributed by atoms with E-state index in [1.807, 2.05) is 0 Å². The average Bonchev–Trinajstić information content (AvgIpc) is 2.08. The van der Waals surface area contributed by atoms with Crippen molar-refractivity contribution in [1.29, 1.82) is 0 Å². The molecule has 1 amide bonds. The Bertz CT molecular complexity index is 328. The standard InChI is InChI=1S/C12H21NO5/c1-11(2,3)18-10(16)13-12(7-9(14)15)5-8(6-12)17-4/h8H,5-7H2,1-4H3,(H,13,16)(H,14,15). The highest BCUT2D eigenvalue weighted by molar-refractivity contribution is 5.73. The molecule has 0 aromatic rings. The normalized spacial score (nSPS) is 27.2. The monoisotopic (exact) mass is 259 g/mol. The van der Waals surface area contributed by atoms with Crippen molar-refractivity contribution in [3.63, 3.8) is 0 Å². The number of alkyl carbamates (subject to hydrolysis) is 1. The van der Waals surface area contributed by atoms with Gasteiger partial charge in [-0.1, -0.05) is 0 Å². The predicted molar refractivity (Wildman–Crippen MR) is 64.4 cm³/mol. The summed E-state index contributed by atoms with van der Waals surface area (Å²) in [5, 5.41) is 11.5. The Morgan fingerprint density at radius 1 is 1.39 bits per heavy atom. The molecule has 1 aliphatic carbocycles. The number of amides is 1. The number of aliphatic carboxylic acids is 1. The molecule has 0 spiro atoms. The van der Waals surface area contributed by atoms with Crippen LogP contribution in [0.25, 0.3) is 0 Å². The number of nitrogens with one attached hydrogen (secondary N) is 1. The maximum absolute atomic E-state index is 11.7. The smallest absolute Gasteiger partial charge is 0.408 e. The van der Waals surface area contributed by atoms with Crippen LogP contribution >= 0.6 is 0 Å². The topological polar surface area (TPSA) is 84.9 Å². The summed E-state index contributed by atoms with van der Waals surface area (Å²) in [5.41, 5.74) is -1.34. The highest BCUT2D eigenvalue weighted by Crippen LogP contribution is 2.37. The Kier molecular flexibility index (Phi) is 4.21. The van der Waals surface area contributed by atoms with Gasteiger partial charge in [-0.25, -0.2) is 4.79 Å². The van der Waals surface area contributed by atoms with E-state index in [9.17, 15) is 9.59 Å². The fourth-order valence-electron chi connectivity index (χ4n) is 2.08. The summed E-state index contributed by atoms with van der Waals surface area (Å²) in [6.45, 7) is 5.28. The summed E-state index contributed by atoms with van der Waals surface area (Å²) in [5.74, 6) is -0.944. The molecule has 0 aromatic heterocycles. The lowest BCUT2D eigenvalue weighted by Crippen LogP contribution is -2.61. The number of methoxy groups -OCH3 is 1. The number of ether oxygens (including phenoxy) is 2. The van der Waals surface area contributed by atoms with Gasteiger partial charge < -0.3 is 19.9 Å². The molecule has 1 saturated carbocycles. The molecule has 104 valence electrons. The van der Waals surface area contributed by atoms with Gasteiger partial charge in [0.2, 0.25) is 0 Å². The van der Waals surface area contributed by atoms with E-state index in [4.69, 9.17) is 14.6 Å². The maximum Gasteiger partial charge on any atom is 0.408 e. The zero-order chi connectivity index (χ0) is 14.0. The van der Waals surface area contributed by atoms with E-state index in [1.165, 1.54) is 0 Å². The second kappa shape index (κ2) is 5.14. The Labute approximate surface area is 107 Å². The lowest BCUT2D eigenvalue weighted by molar-refractivity contribution is -0.141. The SMILES string of the molecule is COC1CC(CC(=O)O)(NC(=O)OC(C)(C)C)C1. The molecule has 0 heterocycles. The van der Waals surface area contributed by atoms with Gasteiger partial charge in [0, 0.05) is 7.11 Å². The first-order valence-electron chi connectivity index (χ1n) is 5.91. The molecule has 1 fully saturated rings. The highest BCUT2D eigenvalue weighted by atomic mass is 16.6. The number of carbonyl (C=O) groups is 2. The van der Waals surface area contributed by atoms with Crippen LogP contribution in [-0.4, -0.2) is 41.5 Å². The Morgan fingerprint density at radius 3 is 2.33 bits per heavy atom. The molecule has 2 N–H and O–H groups in total. The molecule has 0 atom stereocenters. The molecule has 0 saturated heterocycles. The van der Waals surface area contributed by atoms with Crippen molar-refractivity contribution in [3.8, 4) is 0 Å². The zero-order valence-corrected chi connectivity index (χ0v) is 11.3. The van der Waals surface area contributed by atoms with Gasteiger partial charge in [-0.2, -0.15) is 0 Å². The molecule has 1 aliphatic rings. The number of carboxylic acid groups (broad SMARTS) is 1. The van der Waals surface area contributed by atoms with Crippen LogP contribution in [0.4, 0.5) is 4.79 Å². The van der Waals surface area contributed by atoms with E-state index < -0.39 is 23.2 Å². The summed E-state index contributed by atoms with van der Waals surface area (Å²) < 4.78 is 10.3. The van der Waals surface area contributed by atoms with Gasteiger partial charge in [-0.3, -0.25) is 4.79 Å². The van der Waals surface area contributed by atoms with E-state index in [2.05, 4.69) is 5.32 Å². The molecule has 6 heteroatoms. The fourth-order valence-corrected chi connectivity index (χ4v) is 2.08. The number of rotatable bonds is 4. The van der Waals surface area contributed by atoms with Crippen LogP contribution in [0.3, 0.4) is 0 Å². The first-order valence-corrected chi connectivity index (χ1v) is 5.91. The molecular weight excluding hydrogens is 238 g/mol. The van der Waals surface area contributed by atoms with Crippen molar-refractivity contribution >= 4 is 12.1 Å². The minimum Gasteiger partial charge on any atom is -0.481 e. The van der Waals surface area contributed by atoms with Crippen LogP contribution in [0.15, 0.2) is 0 Å². The summed E-state index contributed by atoms with van der Waals surface area (Å²) in [6.07, 6.45) is 0.286. The summed E-state index contributed by atoms with van der Waals surface area (Å²) in [7, 11) is 1.57. The van der Waals surface area contributed by atoms with Gasteiger partial charge >= 0.3 is 12.1 Å². The van der Waals surface area contributed by atoms with Crippen LogP contribution in [-0.2, 0) is 14.3 Å².